The van der Waals surface area contributed by atoms with Crippen LogP contribution >= 0.6 is 0 Å². The number of benzene rings is 2. The van der Waals surface area contributed by atoms with Crippen molar-refractivity contribution in [2.45, 2.75) is 44.8 Å². The molecule has 0 radical (unpaired) electrons. The number of furan rings is 1. The molecule has 0 amide bonds. The molecule has 0 aliphatic heterocycles. The van der Waals surface area contributed by atoms with Gasteiger partial charge in [-0.05, 0) is 91.8 Å². The van der Waals surface area contributed by atoms with Gasteiger partial charge in [-0.2, -0.15) is 0 Å². The van der Waals surface area contributed by atoms with Crippen molar-refractivity contribution in [2.75, 3.05) is 11.8 Å². The summed E-state index contributed by atoms with van der Waals surface area (Å²) >= 11 is 0. The van der Waals surface area contributed by atoms with E-state index in [0.717, 1.165) is 30.4 Å². The van der Waals surface area contributed by atoms with Crippen molar-refractivity contribution in [1.29, 1.82) is 0 Å². The van der Waals surface area contributed by atoms with Crippen molar-refractivity contribution in [3.05, 3.63) is 76.0 Å². The van der Waals surface area contributed by atoms with E-state index in [4.69, 9.17) is 13.9 Å². The van der Waals surface area contributed by atoms with E-state index in [1.54, 1.807) is 24.3 Å². The molecule has 1 N–H and O–H groups in total. The summed E-state index contributed by atoms with van der Waals surface area (Å²) in [6, 6.07) is 12.9. The van der Waals surface area contributed by atoms with Gasteiger partial charge in [0.25, 0.3) is 0 Å². The van der Waals surface area contributed by atoms with Gasteiger partial charge in [0, 0.05) is 0 Å². The molecule has 1 atom stereocenters. The van der Waals surface area contributed by atoms with E-state index >= 15 is 0 Å². The number of rotatable bonds is 7. The van der Waals surface area contributed by atoms with Crippen molar-refractivity contribution in [3.8, 4) is 5.75 Å². The second kappa shape index (κ2) is 8.98. The van der Waals surface area contributed by atoms with E-state index in [1.807, 2.05) is 32.0 Å². The highest BCUT2D eigenvalue weighted by Gasteiger charge is 2.19. The molecule has 1 aliphatic carbocycles. The van der Waals surface area contributed by atoms with Crippen LogP contribution in [0.25, 0.3) is 0 Å². The minimum absolute atomic E-state index is 0.327. The highest BCUT2D eigenvalue weighted by Crippen LogP contribution is 2.35. The van der Waals surface area contributed by atoms with Gasteiger partial charge < -0.3 is 13.9 Å². The standard InChI is InChI=1S/C24H25NO5S/c1-15-11-19(24(26)28-3)8-9-20(15)14-29-22-13-18-6-4-5-17(18)12-21(22)25-31(27)23-10-7-16(2)30-23/h7-13,25H,4-6,14H2,1-3H3. The van der Waals surface area contributed by atoms with E-state index in [0.29, 0.717) is 34.5 Å². The van der Waals surface area contributed by atoms with Gasteiger partial charge in [0.05, 0.1) is 18.4 Å². The van der Waals surface area contributed by atoms with Crippen LogP contribution < -0.4 is 9.46 Å². The molecule has 4 rings (SSSR count). The number of ether oxygens (including phenoxy) is 2. The third-order valence-electron chi connectivity index (χ3n) is 5.44. The lowest BCUT2D eigenvalue weighted by Crippen LogP contribution is -2.08. The zero-order valence-corrected chi connectivity index (χ0v) is 18.6. The SMILES string of the molecule is COC(=O)c1ccc(COc2cc3c(cc2NS(=O)c2ccc(C)o2)CCC3)c(C)c1. The van der Waals surface area contributed by atoms with Gasteiger partial charge in [0.15, 0.2) is 11.0 Å². The Hall–Kier alpha value is -3.06. The number of fused-ring (bicyclic) bond motifs is 1. The fraction of sp³-hybridized carbons (Fsp3) is 0.292. The van der Waals surface area contributed by atoms with E-state index in [-0.39, 0.29) is 5.97 Å². The van der Waals surface area contributed by atoms with E-state index in [9.17, 15) is 9.00 Å². The number of hydrogen-bond donors (Lipinski definition) is 1. The number of carbonyl (C=O) groups is 1. The first kappa shape index (κ1) is 21.2. The molecule has 1 unspecified atom stereocenters. The first-order valence-electron chi connectivity index (χ1n) is 10.2. The van der Waals surface area contributed by atoms with Crippen LogP contribution in [0.2, 0.25) is 0 Å². The lowest BCUT2D eigenvalue weighted by atomic mass is 10.1. The van der Waals surface area contributed by atoms with Crippen molar-refractivity contribution < 1.29 is 22.9 Å². The van der Waals surface area contributed by atoms with Gasteiger partial charge in [-0.25, -0.2) is 9.00 Å². The summed E-state index contributed by atoms with van der Waals surface area (Å²) in [5.74, 6) is 0.992. The molecule has 0 saturated carbocycles. The fourth-order valence-corrected chi connectivity index (χ4v) is 4.58. The lowest BCUT2D eigenvalue weighted by molar-refractivity contribution is 0.0600. The van der Waals surface area contributed by atoms with Crippen LogP contribution in [0.15, 0.2) is 52.0 Å². The molecule has 6 nitrogen and oxygen atoms in total. The van der Waals surface area contributed by atoms with Gasteiger partial charge in [0.1, 0.15) is 18.1 Å². The Labute approximate surface area is 184 Å². The van der Waals surface area contributed by atoms with E-state index in [1.165, 1.54) is 18.2 Å². The molecule has 2 aromatic carbocycles. The summed E-state index contributed by atoms with van der Waals surface area (Å²) in [6.45, 7) is 4.08. The van der Waals surface area contributed by atoms with Crippen LogP contribution in [0, 0.1) is 13.8 Å². The Morgan fingerprint density at radius 1 is 1.10 bits per heavy atom. The average molecular weight is 440 g/mol. The number of anilines is 1. The minimum atomic E-state index is -1.53. The number of aryl methyl sites for hydroxylation is 4. The molecule has 0 saturated heterocycles. The fourth-order valence-electron chi connectivity index (χ4n) is 3.72. The van der Waals surface area contributed by atoms with Crippen molar-refractivity contribution in [3.63, 3.8) is 0 Å². The Bertz CT molecular complexity index is 1150. The highest BCUT2D eigenvalue weighted by molar-refractivity contribution is 7.86. The molecule has 3 aromatic rings. The van der Waals surface area contributed by atoms with Gasteiger partial charge in [-0.1, -0.05) is 6.07 Å². The number of esters is 1. The molecule has 0 fully saturated rings. The summed E-state index contributed by atoms with van der Waals surface area (Å²) in [4.78, 5) is 11.7. The van der Waals surface area contributed by atoms with Gasteiger partial charge in [0.2, 0.25) is 5.09 Å². The maximum atomic E-state index is 12.7. The average Bonchev–Trinajstić information content (AvgIpc) is 3.40. The Morgan fingerprint density at radius 3 is 2.55 bits per heavy atom. The maximum absolute atomic E-state index is 12.7. The zero-order valence-electron chi connectivity index (χ0n) is 17.8. The maximum Gasteiger partial charge on any atom is 0.337 e. The smallest absolute Gasteiger partial charge is 0.337 e. The van der Waals surface area contributed by atoms with Gasteiger partial charge in [-0.15, -0.1) is 0 Å². The Kier molecular flexibility index (Phi) is 6.13. The predicted molar refractivity (Wildman–Crippen MR) is 119 cm³/mol. The highest BCUT2D eigenvalue weighted by atomic mass is 32.2. The molecule has 31 heavy (non-hydrogen) atoms. The summed E-state index contributed by atoms with van der Waals surface area (Å²) in [6.07, 6.45) is 3.12. The molecule has 1 heterocycles. The molecule has 0 spiro atoms. The Morgan fingerprint density at radius 2 is 1.87 bits per heavy atom. The predicted octanol–water partition coefficient (Wildman–Crippen LogP) is 4.89. The molecule has 7 heteroatoms. The third-order valence-corrected chi connectivity index (χ3v) is 6.43. The molecule has 1 aromatic heterocycles. The molecule has 162 valence electrons. The molecule has 0 bridgehead atoms. The summed E-state index contributed by atoms with van der Waals surface area (Å²) < 4.78 is 32.2. The molecule has 1 aliphatic rings. The molecular weight excluding hydrogens is 414 g/mol. The minimum Gasteiger partial charge on any atom is -0.487 e. The lowest BCUT2D eigenvalue weighted by Gasteiger charge is -2.16. The first-order chi connectivity index (χ1) is 14.9. The number of carbonyl (C=O) groups excluding carboxylic acids is 1. The summed E-state index contributed by atoms with van der Waals surface area (Å²) in [5, 5.41) is 0.373. The zero-order chi connectivity index (χ0) is 22.0. The van der Waals surface area contributed by atoms with Crippen LogP contribution in [0.1, 0.15) is 44.8 Å². The monoisotopic (exact) mass is 439 g/mol. The topological polar surface area (TPSA) is 77.8 Å². The van der Waals surface area contributed by atoms with Crippen molar-refractivity contribution >= 4 is 22.6 Å². The van der Waals surface area contributed by atoms with Gasteiger partial charge >= 0.3 is 5.97 Å². The van der Waals surface area contributed by atoms with Crippen LogP contribution in [-0.4, -0.2) is 17.3 Å². The summed E-state index contributed by atoms with van der Waals surface area (Å²) in [7, 11) is -0.164. The number of hydrogen-bond acceptors (Lipinski definition) is 5. The van der Waals surface area contributed by atoms with Crippen LogP contribution in [-0.2, 0) is 35.2 Å². The first-order valence-corrected chi connectivity index (χ1v) is 11.3. The number of nitrogens with one attached hydrogen (secondary N) is 1. The van der Waals surface area contributed by atoms with Crippen LogP contribution in [0.4, 0.5) is 5.69 Å². The normalized spacial score (nSPS) is 13.5. The van der Waals surface area contributed by atoms with Crippen LogP contribution in [0.3, 0.4) is 0 Å². The third kappa shape index (κ3) is 4.66. The van der Waals surface area contributed by atoms with Crippen LogP contribution in [0.5, 0.6) is 5.75 Å². The second-order valence-corrected chi connectivity index (χ2v) is 8.77. The number of methoxy groups -OCH3 is 1. The Balaban J connectivity index is 1.56. The summed E-state index contributed by atoms with van der Waals surface area (Å²) in [5.41, 5.74) is 5.60. The van der Waals surface area contributed by atoms with Crippen molar-refractivity contribution in [2.24, 2.45) is 0 Å². The van der Waals surface area contributed by atoms with E-state index < -0.39 is 11.0 Å². The second-order valence-electron chi connectivity index (χ2n) is 7.63. The molecular formula is C24H25NO5S. The quantitative estimate of drug-likeness (QED) is 0.531. The largest absolute Gasteiger partial charge is 0.487 e. The van der Waals surface area contributed by atoms with Gasteiger partial charge in [-0.3, -0.25) is 4.72 Å². The van der Waals surface area contributed by atoms with Crippen molar-refractivity contribution in [1.82, 2.24) is 0 Å². The van der Waals surface area contributed by atoms with E-state index in [2.05, 4.69) is 4.72 Å².